The van der Waals surface area contributed by atoms with Crippen LogP contribution in [-0.2, 0) is 0 Å². The molecule has 0 amide bonds. The fourth-order valence-electron chi connectivity index (χ4n) is 3.50. The van der Waals surface area contributed by atoms with E-state index in [1.807, 2.05) is 30.6 Å². The Balaban J connectivity index is 1.63. The summed E-state index contributed by atoms with van der Waals surface area (Å²) >= 11 is 0. The number of aromatic nitrogens is 2. The van der Waals surface area contributed by atoms with Gasteiger partial charge in [-0.05, 0) is 30.9 Å². The average molecular weight is 306 g/mol. The Hall–Kier alpha value is -2.23. The monoisotopic (exact) mass is 306 g/mol. The molecule has 4 rings (SSSR count). The van der Waals surface area contributed by atoms with Gasteiger partial charge >= 0.3 is 0 Å². The van der Waals surface area contributed by atoms with Gasteiger partial charge in [0.05, 0.1) is 11.4 Å². The van der Waals surface area contributed by atoms with Crippen LogP contribution in [0.3, 0.4) is 0 Å². The van der Waals surface area contributed by atoms with Gasteiger partial charge in [-0.15, -0.1) is 0 Å². The van der Waals surface area contributed by atoms with Crippen LogP contribution in [0.2, 0.25) is 0 Å². The zero-order chi connectivity index (χ0) is 15.5. The van der Waals surface area contributed by atoms with Crippen LogP contribution in [0.1, 0.15) is 43.8 Å². The van der Waals surface area contributed by atoms with E-state index in [1.165, 1.54) is 32.1 Å². The van der Waals surface area contributed by atoms with Gasteiger partial charge in [0.2, 0.25) is 0 Å². The maximum absolute atomic E-state index is 4.80. The summed E-state index contributed by atoms with van der Waals surface area (Å²) in [7, 11) is 0. The number of anilines is 1. The first-order valence-corrected chi connectivity index (χ1v) is 8.61. The Morgan fingerprint density at radius 2 is 1.91 bits per heavy atom. The molecule has 4 heteroatoms. The second-order valence-electron chi connectivity index (χ2n) is 6.50. The smallest absolute Gasteiger partial charge is 0.143 e. The topological polar surface area (TPSA) is 50.2 Å². The summed E-state index contributed by atoms with van der Waals surface area (Å²) in [5.74, 6) is 2.65. The summed E-state index contributed by atoms with van der Waals surface area (Å²) < 4.78 is 0. The molecule has 0 spiro atoms. The lowest BCUT2D eigenvalue weighted by Crippen LogP contribution is -2.18. The van der Waals surface area contributed by atoms with Crippen LogP contribution in [-0.4, -0.2) is 22.7 Å². The predicted molar refractivity (Wildman–Crippen MR) is 95.0 cm³/mol. The van der Waals surface area contributed by atoms with Gasteiger partial charge in [-0.3, -0.25) is 4.99 Å². The van der Waals surface area contributed by atoms with Crippen molar-refractivity contribution in [2.45, 2.75) is 38.0 Å². The number of allylic oxidation sites excluding steroid dienone is 1. The highest BCUT2D eigenvalue weighted by atomic mass is 15.0. The highest BCUT2D eigenvalue weighted by molar-refractivity contribution is 5.89. The van der Waals surface area contributed by atoms with Gasteiger partial charge in [0.25, 0.3) is 0 Å². The Bertz CT molecular complexity index is 732. The summed E-state index contributed by atoms with van der Waals surface area (Å²) in [6.45, 7) is 1.01. The quantitative estimate of drug-likeness (QED) is 0.916. The molecule has 1 aliphatic carbocycles. The lowest BCUT2D eigenvalue weighted by Gasteiger charge is -2.22. The molecule has 1 fully saturated rings. The first-order valence-electron chi connectivity index (χ1n) is 8.61. The zero-order valence-electron chi connectivity index (χ0n) is 13.3. The molecule has 2 aliphatic rings. The van der Waals surface area contributed by atoms with Gasteiger partial charge in [0.15, 0.2) is 0 Å². The number of fused-ring (bicyclic) bond motifs is 1. The molecular weight excluding hydrogens is 284 g/mol. The standard InChI is InChI=1S/C19H22N4/c1-2-6-14(7-3-1)12-21-19-16-8-4-5-9-17(16)22-18(23-19)15-10-11-20-13-15/h4-5,8-11,13-15H,1-3,6-7,12H2,(H,21,22,23). The molecule has 1 aliphatic heterocycles. The average Bonchev–Trinajstić information content (AvgIpc) is 3.15. The Kier molecular flexibility index (Phi) is 4.05. The third-order valence-corrected chi connectivity index (χ3v) is 4.83. The summed E-state index contributed by atoms with van der Waals surface area (Å²) in [6, 6.07) is 8.24. The highest BCUT2D eigenvalue weighted by Gasteiger charge is 2.17. The summed E-state index contributed by atoms with van der Waals surface area (Å²) in [5, 5.41) is 4.70. The molecule has 1 atom stereocenters. The number of benzene rings is 1. The summed E-state index contributed by atoms with van der Waals surface area (Å²) in [5.41, 5.74) is 0.998. The molecule has 1 N–H and O–H groups in total. The van der Waals surface area contributed by atoms with Crippen LogP contribution >= 0.6 is 0 Å². The molecule has 1 unspecified atom stereocenters. The predicted octanol–water partition coefficient (Wildman–Crippen LogP) is 4.30. The van der Waals surface area contributed by atoms with Crippen LogP contribution in [0.4, 0.5) is 5.82 Å². The number of nitrogens with one attached hydrogen (secondary N) is 1. The van der Waals surface area contributed by atoms with E-state index in [2.05, 4.69) is 22.4 Å². The minimum absolute atomic E-state index is 0.0924. The largest absolute Gasteiger partial charge is 0.369 e. The van der Waals surface area contributed by atoms with Crippen LogP contribution in [0, 0.1) is 5.92 Å². The molecule has 1 saturated carbocycles. The molecule has 1 aromatic heterocycles. The minimum atomic E-state index is 0.0924. The summed E-state index contributed by atoms with van der Waals surface area (Å²) in [6.07, 6.45) is 12.5. The van der Waals surface area contributed by atoms with Crippen molar-refractivity contribution in [2.24, 2.45) is 10.9 Å². The number of rotatable bonds is 4. The van der Waals surface area contributed by atoms with E-state index in [1.54, 1.807) is 0 Å². The Morgan fingerprint density at radius 3 is 2.74 bits per heavy atom. The Labute approximate surface area is 136 Å². The number of hydrogen-bond donors (Lipinski definition) is 1. The van der Waals surface area contributed by atoms with Gasteiger partial charge in [0, 0.05) is 24.3 Å². The molecule has 0 bridgehead atoms. The van der Waals surface area contributed by atoms with Crippen LogP contribution in [0.15, 0.2) is 41.5 Å². The Morgan fingerprint density at radius 1 is 1.04 bits per heavy atom. The molecule has 0 radical (unpaired) electrons. The van der Waals surface area contributed by atoms with Gasteiger partial charge in [-0.25, -0.2) is 9.97 Å². The molecular formula is C19H22N4. The van der Waals surface area contributed by atoms with Crippen LogP contribution in [0.25, 0.3) is 10.9 Å². The van der Waals surface area contributed by atoms with E-state index in [-0.39, 0.29) is 5.92 Å². The van der Waals surface area contributed by atoms with Crippen molar-refractivity contribution in [3.8, 4) is 0 Å². The van der Waals surface area contributed by atoms with E-state index in [0.717, 1.165) is 35.0 Å². The minimum Gasteiger partial charge on any atom is -0.369 e. The molecule has 1 aromatic carbocycles. The van der Waals surface area contributed by atoms with Gasteiger partial charge in [-0.1, -0.05) is 37.5 Å². The fraction of sp³-hybridized carbons (Fsp3) is 0.421. The van der Waals surface area contributed by atoms with E-state index >= 15 is 0 Å². The molecule has 0 saturated heterocycles. The van der Waals surface area contributed by atoms with Crippen molar-refractivity contribution in [3.63, 3.8) is 0 Å². The second kappa shape index (κ2) is 6.49. The number of aliphatic imine (C=N–C) groups is 1. The van der Waals surface area contributed by atoms with Crippen molar-refractivity contribution >= 4 is 22.9 Å². The second-order valence-corrected chi connectivity index (χ2v) is 6.50. The van der Waals surface area contributed by atoms with Crippen LogP contribution in [0.5, 0.6) is 0 Å². The van der Waals surface area contributed by atoms with E-state index in [9.17, 15) is 0 Å². The number of para-hydroxylation sites is 1. The van der Waals surface area contributed by atoms with E-state index in [0.29, 0.717) is 0 Å². The maximum atomic E-state index is 4.80. The van der Waals surface area contributed by atoms with Gasteiger partial charge in [0.1, 0.15) is 11.6 Å². The number of nitrogens with zero attached hydrogens (tertiary/aromatic N) is 3. The summed E-state index contributed by atoms with van der Waals surface area (Å²) in [4.78, 5) is 13.7. The third kappa shape index (κ3) is 3.11. The van der Waals surface area contributed by atoms with E-state index < -0.39 is 0 Å². The third-order valence-electron chi connectivity index (χ3n) is 4.83. The van der Waals surface area contributed by atoms with Crippen molar-refractivity contribution in [1.29, 1.82) is 0 Å². The number of hydrogen-bond acceptors (Lipinski definition) is 4. The first kappa shape index (κ1) is 14.4. The zero-order valence-corrected chi connectivity index (χ0v) is 13.3. The SMILES string of the molecule is C1=CC(c2nc(NCC3CCCCC3)c3ccccc3n2)C=N1. The lowest BCUT2D eigenvalue weighted by molar-refractivity contribution is 0.373. The highest BCUT2D eigenvalue weighted by Crippen LogP contribution is 2.27. The maximum Gasteiger partial charge on any atom is 0.143 e. The van der Waals surface area contributed by atoms with Gasteiger partial charge in [-0.2, -0.15) is 0 Å². The normalized spacial score (nSPS) is 21.1. The molecule has 23 heavy (non-hydrogen) atoms. The molecule has 2 aromatic rings. The van der Waals surface area contributed by atoms with Gasteiger partial charge < -0.3 is 5.32 Å². The molecule has 118 valence electrons. The molecule has 2 heterocycles. The first-order chi connectivity index (χ1) is 11.4. The van der Waals surface area contributed by atoms with Crippen molar-refractivity contribution in [3.05, 3.63) is 42.4 Å². The van der Waals surface area contributed by atoms with Crippen molar-refractivity contribution < 1.29 is 0 Å². The van der Waals surface area contributed by atoms with Crippen LogP contribution < -0.4 is 5.32 Å². The van der Waals surface area contributed by atoms with E-state index in [4.69, 9.17) is 9.97 Å². The van der Waals surface area contributed by atoms with Crippen molar-refractivity contribution in [1.82, 2.24) is 9.97 Å². The van der Waals surface area contributed by atoms with Crippen molar-refractivity contribution in [2.75, 3.05) is 11.9 Å². The molecule has 4 nitrogen and oxygen atoms in total. The fourth-order valence-corrected chi connectivity index (χ4v) is 3.50. The lowest BCUT2D eigenvalue weighted by atomic mass is 9.89.